The van der Waals surface area contributed by atoms with Gasteiger partial charge in [0.15, 0.2) is 0 Å². The quantitative estimate of drug-likeness (QED) is 0.265. The molecule has 198 valence electrons. The Labute approximate surface area is 232 Å². The molecule has 9 heteroatoms. The molecule has 0 fully saturated rings. The number of rotatable bonds is 10. The first-order valence-corrected chi connectivity index (χ1v) is 12.8. The monoisotopic (exact) mass is 529 g/mol. The van der Waals surface area contributed by atoms with E-state index < -0.39 is 0 Å². The first-order chi connectivity index (χ1) is 19.7. The molecule has 0 spiro atoms. The fraction of sp³-hybridized carbons (Fsp3) is 0.129. The van der Waals surface area contributed by atoms with Crippen molar-refractivity contribution in [2.24, 2.45) is 0 Å². The summed E-state index contributed by atoms with van der Waals surface area (Å²) in [6.07, 6.45) is 15.1. The van der Waals surface area contributed by atoms with Crippen LogP contribution in [0.5, 0.6) is 0 Å². The fourth-order valence-corrected chi connectivity index (χ4v) is 4.26. The number of carbonyl (C=O) groups is 2. The predicted molar refractivity (Wildman–Crippen MR) is 148 cm³/mol. The van der Waals surface area contributed by atoms with Gasteiger partial charge in [0.1, 0.15) is 5.69 Å². The smallest absolute Gasteiger partial charge is 0.273 e. The maximum Gasteiger partial charge on any atom is 0.273 e. The van der Waals surface area contributed by atoms with E-state index in [0.717, 1.165) is 22.3 Å². The Kier molecular flexibility index (Phi) is 8.53. The molecule has 0 bridgehead atoms. The standard InChI is InChI=1S/C31H27N7O2/c39-30(37(20-24-1-10-32-11-2-24)21-25-3-12-33-13-4-25)28-9-18-36-29(19-28)31(40)38(22-26-5-14-34-15-6-26)23-27-7-16-35-17-8-27/h1-19H,20-23H2. The highest BCUT2D eigenvalue weighted by molar-refractivity contribution is 5.98. The van der Waals surface area contributed by atoms with Crippen LogP contribution < -0.4 is 0 Å². The first kappa shape index (κ1) is 26.3. The summed E-state index contributed by atoms with van der Waals surface area (Å²) in [5, 5.41) is 0. The van der Waals surface area contributed by atoms with Crippen LogP contribution in [0.4, 0.5) is 0 Å². The summed E-state index contributed by atoms with van der Waals surface area (Å²) in [7, 11) is 0. The third-order valence-electron chi connectivity index (χ3n) is 6.29. The molecule has 5 heterocycles. The Morgan fingerprint density at radius 1 is 0.475 bits per heavy atom. The molecule has 2 amide bonds. The Morgan fingerprint density at radius 2 is 0.825 bits per heavy atom. The van der Waals surface area contributed by atoms with Gasteiger partial charge in [-0.1, -0.05) is 0 Å². The second-order valence-electron chi connectivity index (χ2n) is 9.17. The fourth-order valence-electron chi connectivity index (χ4n) is 4.26. The minimum Gasteiger partial charge on any atom is -0.330 e. The molecule has 0 saturated carbocycles. The van der Waals surface area contributed by atoms with Gasteiger partial charge in [0.05, 0.1) is 0 Å². The molecule has 40 heavy (non-hydrogen) atoms. The Morgan fingerprint density at radius 3 is 1.20 bits per heavy atom. The predicted octanol–water partition coefficient (Wildman–Crippen LogP) is 4.35. The van der Waals surface area contributed by atoms with E-state index in [1.54, 1.807) is 71.5 Å². The van der Waals surface area contributed by atoms with Crippen molar-refractivity contribution >= 4 is 11.8 Å². The Balaban J connectivity index is 1.41. The average Bonchev–Trinajstić information content (AvgIpc) is 3.02. The van der Waals surface area contributed by atoms with Crippen LogP contribution in [-0.2, 0) is 26.2 Å². The van der Waals surface area contributed by atoms with Gasteiger partial charge in [-0.2, -0.15) is 0 Å². The van der Waals surface area contributed by atoms with Crippen molar-refractivity contribution in [1.82, 2.24) is 34.7 Å². The van der Waals surface area contributed by atoms with E-state index in [2.05, 4.69) is 24.9 Å². The SMILES string of the molecule is O=C(c1ccnc(C(=O)N(Cc2ccncc2)Cc2ccncc2)c1)N(Cc1ccncc1)Cc1ccncc1. The van der Waals surface area contributed by atoms with Crippen LogP contribution in [0.15, 0.2) is 116 Å². The number of nitrogens with zero attached hydrogens (tertiary/aromatic N) is 7. The van der Waals surface area contributed by atoms with Crippen molar-refractivity contribution in [3.8, 4) is 0 Å². The van der Waals surface area contributed by atoms with Gasteiger partial charge in [-0.15, -0.1) is 0 Å². The summed E-state index contributed by atoms with van der Waals surface area (Å²) in [6.45, 7) is 1.48. The molecule has 0 radical (unpaired) electrons. The van der Waals surface area contributed by atoms with Crippen LogP contribution in [0, 0.1) is 0 Å². The third kappa shape index (κ3) is 6.96. The summed E-state index contributed by atoms with van der Waals surface area (Å²) in [5.41, 5.74) is 4.35. The number of aromatic nitrogens is 5. The van der Waals surface area contributed by atoms with Gasteiger partial charge in [0, 0.05) is 87.5 Å². The van der Waals surface area contributed by atoms with E-state index in [1.165, 1.54) is 6.20 Å². The lowest BCUT2D eigenvalue weighted by molar-refractivity contribution is 0.0722. The molecular formula is C31H27N7O2. The van der Waals surface area contributed by atoms with Gasteiger partial charge in [-0.25, -0.2) is 0 Å². The number of hydrogen-bond acceptors (Lipinski definition) is 7. The highest BCUT2D eigenvalue weighted by atomic mass is 16.2. The number of amides is 2. The lowest BCUT2D eigenvalue weighted by Crippen LogP contribution is -2.32. The molecule has 5 aromatic rings. The van der Waals surface area contributed by atoms with Crippen LogP contribution in [0.2, 0.25) is 0 Å². The minimum absolute atomic E-state index is 0.196. The molecule has 0 aliphatic heterocycles. The molecule has 0 saturated heterocycles. The van der Waals surface area contributed by atoms with Crippen LogP contribution in [0.25, 0.3) is 0 Å². The van der Waals surface area contributed by atoms with Crippen molar-refractivity contribution in [2.45, 2.75) is 26.2 Å². The van der Waals surface area contributed by atoms with Gasteiger partial charge in [0.2, 0.25) is 0 Å². The van der Waals surface area contributed by atoms with Crippen molar-refractivity contribution in [3.63, 3.8) is 0 Å². The lowest BCUT2D eigenvalue weighted by atomic mass is 10.1. The number of pyridine rings is 5. The van der Waals surface area contributed by atoms with E-state index in [0.29, 0.717) is 31.7 Å². The summed E-state index contributed by atoms with van der Waals surface area (Å²) >= 11 is 0. The zero-order chi connectivity index (χ0) is 27.6. The maximum atomic E-state index is 13.8. The number of hydrogen-bond donors (Lipinski definition) is 0. The number of carbonyl (C=O) groups excluding carboxylic acids is 2. The van der Waals surface area contributed by atoms with E-state index in [-0.39, 0.29) is 17.5 Å². The lowest BCUT2D eigenvalue weighted by Gasteiger charge is -2.24. The van der Waals surface area contributed by atoms with Crippen LogP contribution in [-0.4, -0.2) is 46.5 Å². The van der Waals surface area contributed by atoms with Crippen LogP contribution >= 0.6 is 0 Å². The van der Waals surface area contributed by atoms with Crippen molar-refractivity contribution < 1.29 is 9.59 Å². The largest absolute Gasteiger partial charge is 0.330 e. The first-order valence-electron chi connectivity index (χ1n) is 12.8. The normalized spacial score (nSPS) is 10.6. The molecule has 5 aromatic heterocycles. The molecule has 0 unspecified atom stereocenters. The van der Waals surface area contributed by atoms with Crippen LogP contribution in [0.3, 0.4) is 0 Å². The zero-order valence-corrected chi connectivity index (χ0v) is 21.7. The van der Waals surface area contributed by atoms with Gasteiger partial charge in [-0.3, -0.25) is 34.5 Å². The molecule has 0 aliphatic rings. The molecule has 5 rings (SSSR count). The highest BCUT2D eigenvalue weighted by Gasteiger charge is 2.22. The molecule has 0 aliphatic carbocycles. The second-order valence-corrected chi connectivity index (χ2v) is 9.17. The van der Waals surface area contributed by atoms with Gasteiger partial charge < -0.3 is 9.80 Å². The molecule has 0 N–H and O–H groups in total. The van der Waals surface area contributed by atoms with E-state index in [4.69, 9.17) is 0 Å². The van der Waals surface area contributed by atoms with Crippen molar-refractivity contribution in [3.05, 3.63) is 150 Å². The Bertz CT molecular complexity index is 1340. The van der Waals surface area contributed by atoms with Gasteiger partial charge in [0.25, 0.3) is 11.8 Å². The van der Waals surface area contributed by atoms with Gasteiger partial charge >= 0.3 is 0 Å². The van der Waals surface area contributed by atoms with Gasteiger partial charge in [-0.05, 0) is 82.9 Å². The van der Waals surface area contributed by atoms with Crippen molar-refractivity contribution in [1.29, 1.82) is 0 Å². The van der Waals surface area contributed by atoms with Crippen molar-refractivity contribution in [2.75, 3.05) is 0 Å². The zero-order valence-electron chi connectivity index (χ0n) is 21.7. The summed E-state index contributed by atoms with van der Waals surface area (Å²) in [5.74, 6) is -0.488. The average molecular weight is 530 g/mol. The summed E-state index contributed by atoms with van der Waals surface area (Å²) < 4.78 is 0. The van der Waals surface area contributed by atoms with E-state index >= 15 is 0 Å². The highest BCUT2D eigenvalue weighted by Crippen LogP contribution is 2.17. The third-order valence-corrected chi connectivity index (χ3v) is 6.29. The van der Waals surface area contributed by atoms with Crippen LogP contribution in [0.1, 0.15) is 43.1 Å². The minimum atomic E-state index is -0.280. The maximum absolute atomic E-state index is 13.8. The molecular weight excluding hydrogens is 502 g/mol. The van der Waals surface area contributed by atoms with E-state index in [1.807, 2.05) is 48.5 Å². The Hall–Kier alpha value is -5.31. The molecule has 0 atom stereocenters. The second kappa shape index (κ2) is 13.0. The topological polar surface area (TPSA) is 105 Å². The molecule has 0 aromatic carbocycles. The molecule has 9 nitrogen and oxygen atoms in total. The summed E-state index contributed by atoms with van der Waals surface area (Å²) in [4.78, 5) is 51.7. The summed E-state index contributed by atoms with van der Waals surface area (Å²) in [6, 6.07) is 18.2. The van der Waals surface area contributed by atoms with E-state index in [9.17, 15) is 9.59 Å².